The summed E-state index contributed by atoms with van der Waals surface area (Å²) in [6.45, 7) is 4.91. The molecule has 0 aromatic carbocycles. The van der Waals surface area contributed by atoms with E-state index in [0.717, 1.165) is 0 Å². The molecule has 0 radical (unpaired) electrons. The van der Waals surface area contributed by atoms with Crippen LogP contribution in [0.5, 0.6) is 0 Å². The third-order valence-electron chi connectivity index (χ3n) is 4.89. The molecule has 0 atom stereocenters. The summed E-state index contributed by atoms with van der Waals surface area (Å²) < 4.78 is 0. The van der Waals surface area contributed by atoms with Crippen molar-refractivity contribution in [2.24, 2.45) is 5.41 Å². The normalized spacial score (nSPS) is 25.7. The molecule has 0 saturated heterocycles. The third-order valence-corrected chi connectivity index (χ3v) is 4.89. The molecule has 1 N–H and O–H groups in total. The van der Waals surface area contributed by atoms with Crippen molar-refractivity contribution in [3.63, 3.8) is 0 Å². The van der Waals surface area contributed by atoms with Crippen LogP contribution in [0.15, 0.2) is 0 Å². The van der Waals surface area contributed by atoms with Crippen LogP contribution >= 0.6 is 0 Å². The Kier molecular flexibility index (Phi) is 4.31. The first-order valence-electron chi connectivity index (χ1n) is 7.45. The van der Waals surface area contributed by atoms with E-state index in [1.807, 2.05) is 0 Å². The van der Waals surface area contributed by atoms with Crippen molar-refractivity contribution in [2.45, 2.75) is 77.3 Å². The summed E-state index contributed by atoms with van der Waals surface area (Å²) in [4.78, 5) is 13.4. The van der Waals surface area contributed by atoms with E-state index in [0.29, 0.717) is 17.5 Å². The van der Waals surface area contributed by atoms with Gasteiger partial charge in [-0.2, -0.15) is 0 Å². The lowest BCUT2D eigenvalue weighted by Crippen LogP contribution is -2.47. The number of rotatable bonds is 4. The molecule has 2 fully saturated rings. The lowest BCUT2D eigenvalue weighted by Gasteiger charge is -2.42. The molecule has 18 heavy (non-hydrogen) atoms. The first kappa shape index (κ1) is 13.9. The van der Waals surface area contributed by atoms with Gasteiger partial charge >= 0.3 is 5.97 Å². The maximum Gasteiger partial charge on any atom is 0.317 e. The molecule has 0 spiro atoms. The number of hydrogen-bond donors (Lipinski definition) is 1. The molecule has 0 bridgehead atoms. The lowest BCUT2D eigenvalue weighted by molar-refractivity contribution is -0.140. The fourth-order valence-corrected chi connectivity index (χ4v) is 3.66. The van der Waals surface area contributed by atoms with E-state index in [9.17, 15) is 4.79 Å². The zero-order valence-corrected chi connectivity index (χ0v) is 11.8. The summed E-state index contributed by atoms with van der Waals surface area (Å²) in [5.41, 5.74) is 0.459. The minimum atomic E-state index is -0.660. The van der Waals surface area contributed by atoms with E-state index in [1.54, 1.807) is 0 Å². The molecule has 0 unspecified atom stereocenters. The van der Waals surface area contributed by atoms with E-state index in [4.69, 9.17) is 5.11 Å². The summed E-state index contributed by atoms with van der Waals surface area (Å²) in [6.07, 6.45) is 9.78. The van der Waals surface area contributed by atoms with Gasteiger partial charge in [-0.05, 0) is 43.9 Å². The second-order valence-electron chi connectivity index (χ2n) is 6.90. The number of nitrogens with zero attached hydrogens (tertiary/aromatic N) is 1. The lowest BCUT2D eigenvalue weighted by atomic mass is 9.75. The fraction of sp³-hybridized carbons (Fsp3) is 0.933. The van der Waals surface area contributed by atoms with Crippen molar-refractivity contribution >= 4 is 5.97 Å². The van der Waals surface area contributed by atoms with Crippen molar-refractivity contribution in [3.8, 4) is 0 Å². The van der Waals surface area contributed by atoms with E-state index in [-0.39, 0.29) is 6.54 Å². The van der Waals surface area contributed by atoms with Gasteiger partial charge in [-0.1, -0.05) is 26.7 Å². The second-order valence-corrected chi connectivity index (χ2v) is 6.90. The Morgan fingerprint density at radius 1 is 1.11 bits per heavy atom. The highest BCUT2D eigenvalue weighted by molar-refractivity contribution is 5.69. The molecule has 0 aromatic heterocycles. The fourth-order valence-electron chi connectivity index (χ4n) is 3.66. The number of carboxylic acid groups (broad SMARTS) is 1. The van der Waals surface area contributed by atoms with Gasteiger partial charge in [0.25, 0.3) is 0 Å². The van der Waals surface area contributed by atoms with Crippen LogP contribution in [0.25, 0.3) is 0 Å². The third kappa shape index (κ3) is 3.47. The summed E-state index contributed by atoms with van der Waals surface area (Å²) >= 11 is 0. The van der Waals surface area contributed by atoms with Crippen molar-refractivity contribution in [2.75, 3.05) is 6.54 Å². The Labute approximate surface area is 111 Å². The van der Waals surface area contributed by atoms with Crippen LogP contribution in [0.2, 0.25) is 0 Å². The van der Waals surface area contributed by atoms with Crippen LogP contribution in [-0.2, 0) is 4.79 Å². The van der Waals surface area contributed by atoms with Crippen molar-refractivity contribution in [1.82, 2.24) is 4.90 Å². The van der Waals surface area contributed by atoms with Gasteiger partial charge in [0.1, 0.15) is 0 Å². The van der Waals surface area contributed by atoms with Gasteiger partial charge in [-0.3, -0.25) is 9.69 Å². The molecule has 0 aromatic rings. The van der Waals surface area contributed by atoms with Crippen molar-refractivity contribution in [3.05, 3.63) is 0 Å². The maximum atomic E-state index is 11.1. The largest absolute Gasteiger partial charge is 0.480 e. The van der Waals surface area contributed by atoms with Gasteiger partial charge in [-0.15, -0.1) is 0 Å². The standard InChI is InChI=1S/C15H27NO2/c1-15(2)9-7-13(8-10-15)16(11-14(17)18)12-5-3-4-6-12/h12-13H,3-11H2,1-2H3,(H,17,18). The molecule has 2 aliphatic rings. The Morgan fingerprint density at radius 2 is 1.61 bits per heavy atom. The molecule has 2 saturated carbocycles. The average molecular weight is 253 g/mol. The Morgan fingerprint density at radius 3 is 2.11 bits per heavy atom. The first-order chi connectivity index (χ1) is 8.48. The van der Waals surface area contributed by atoms with Crippen LogP contribution in [0.4, 0.5) is 0 Å². The summed E-state index contributed by atoms with van der Waals surface area (Å²) in [5, 5.41) is 9.14. The molecule has 0 heterocycles. The first-order valence-corrected chi connectivity index (χ1v) is 7.45. The molecule has 3 heteroatoms. The number of carboxylic acids is 1. The summed E-state index contributed by atoms with van der Waals surface area (Å²) in [6, 6.07) is 1.05. The van der Waals surface area contributed by atoms with Gasteiger partial charge in [-0.25, -0.2) is 0 Å². The zero-order valence-electron chi connectivity index (χ0n) is 11.8. The quantitative estimate of drug-likeness (QED) is 0.836. The van der Waals surface area contributed by atoms with E-state index < -0.39 is 5.97 Å². The number of hydrogen-bond acceptors (Lipinski definition) is 2. The van der Waals surface area contributed by atoms with E-state index in [1.165, 1.54) is 51.4 Å². The molecular formula is C15H27NO2. The van der Waals surface area contributed by atoms with Gasteiger partial charge in [0.05, 0.1) is 6.54 Å². The maximum absolute atomic E-state index is 11.1. The van der Waals surface area contributed by atoms with E-state index >= 15 is 0 Å². The van der Waals surface area contributed by atoms with Crippen LogP contribution in [0.1, 0.15) is 65.2 Å². The minimum absolute atomic E-state index is 0.246. The molecule has 104 valence electrons. The topological polar surface area (TPSA) is 40.5 Å². The van der Waals surface area contributed by atoms with Gasteiger partial charge in [0.15, 0.2) is 0 Å². The average Bonchev–Trinajstić information content (AvgIpc) is 2.79. The Hall–Kier alpha value is -0.570. The van der Waals surface area contributed by atoms with Gasteiger partial charge in [0, 0.05) is 12.1 Å². The smallest absolute Gasteiger partial charge is 0.317 e. The highest BCUT2D eigenvalue weighted by Gasteiger charge is 2.34. The predicted molar refractivity (Wildman–Crippen MR) is 72.6 cm³/mol. The monoisotopic (exact) mass is 253 g/mol. The summed E-state index contributed by atoms with van der Waals surface area (Å²) in [5.74, 6) is -0.660. The highest BCUT2D eigenvalue weighted by Crippen LogP contribution is 2.38. The Balaban J connectivity index is 1.97. The highest BCUT2D eigenvalue weighted by atomic mass is 16.4. The predicted octanol–water partition coefficient (Wildman–Crippen LogP) is 3.28. The second kappa shape index (κ2) is 5.60. The van der Waals surface area contributed by atoms with Crippen molar-refractivity contribution < 1.29 is 9.90 Å². The molecule has 3 nitrogen and oxygen atoms in total. The minimum Gasteiger partial charge on any atom is -0.480 e. The van der Waals surface area contributed by atoms with Crippen LogP contribution in [0, 0.1) is 5.41 Å². The van der Waals surface area contributed by atoms with Crippen molar-refractivity contribution in [1.29, 1.82) is 0 Å². The number of carbonyl (C=O) groups is 1. The Bertz CT molecular complexity index is 285. The number of aliphatic carboxylic acids is 1. The SMILES string of the molecule is CC1(C)CCC(N(CC(=O)O)C2CCCC2)CC1. The zero-order chi connectivity index (χ0) is 13.2. The molecule has 2 rings (SSSR count). The van der Waals surface area contributed by atoms with Gasteiger partial charge < -0.3 is 5.11 Å². The molecular weight excluding hydrogens is 226 g/mol. The van der Waals surface area contributed by atoms with Crippen LogP contribution < -0.4 is 0 Å². The molecule has 2 aliphatic carbocycles. The van der Waals surface area contributed by atoms with Crippen LogP contribution in [-0.4, -0.2) is 34.6 Å². The summed E-state index contributed by atoms with van der Waals surface area (Å²) in [7, 11) is 0. The molecule has 0 aliphatic heterocycles. The molecule has 0 amide bonds. The van der Waals surface area contributed by atoms with Crippen LogP contribution in [0.3, 0.4) is 0 Å². The van der Waals surface area contributed by atoms with E-state index in [2.05, 4.69) is 18.7 Å². The van der Waals surface area contributed by atoms with Gasteiger partial charge in [0.2, 0.25) is 0 Å².